The van der Waals surface area contributed by atoms with Gasteiger partial charge in [0.2, 0.25) is 0 Å². The van der Waals surface area contributed by atoms with Crippen LogP contribution < -0.4 is 9.47 Å². The summed E-state index contributed by atoms with van der Waals surface area (Å²) in [6.45, 7) is 5.49. The van der Waals surface area contributed by atoms with Gasteiger partial charge in [-0.25, -0.2) is 0 Å². The monoisotopic (exact) mass is 408 g/mol. The number of hydrogen-bond acceptors (Lipinski definition) is 5. The van der Waals surface area contributed by atoms with Crippen molar-refractivity contribution >= 4 is 0 Å². The van der Waals surface area contributed by atoms with Gasteiger partial charge in [-0.3, -0.25) is 4.90 Å². The molecule has 1 saturated heterocycles. The van der Waals surface area contributed by atoms with Crippen molar-refractivity contribution in [3.63, 3.8) is 0 Å². The molecule has 1 saturated carbocycles. The summed E-state index contributed by atoms with van der Waals surface area (Å²) in [6, 6.07) is 15.9. The largest absolute Gasteiger partial charge is 0.497 e. The molecule has 2 aromatic carbocycles. The van der Waals surface area contributed by atoms with E-state index in [0.29, 0.717) is 12.5 Å². The quantitative estimate of drug-likeness (QED) is 0.731. The van der Waals surface area contributed by atoms with E-state index in [1.807, 2.05) is 0 Å². The maximum Gasteiger partial charge on any atom is 0.119 e. The van der Waals surface area contributed by atoms with E-state index in [9.17, 15) is 0 Å². The first kappa shape index (κ1) is 19.9. The molecule has 30 heavy (non-hydrogen) atoms. The second-order valence-corrected chi connectivity index (χ2v) is 8.91. The molecule has 2 fully saturated rings. The molecular weight excluding hydrogens is 376 g/mol. The highest BCUT2D eigenvalue weighted by molar-refractivity contribution is 5.45. The Hall–Kier alpha value is -2.08. The van der Waals surface area contributed by atoms with Gasteiger partial charge in [0.15, 0.2) is 0 Å². The third-order valence-electron chi connectivity index (χ3n) is 6.61. The van der Waals surface area contributed by atoms with Crippen molar-refractivity contribution in [1.82, 2.24) is 9.80 Å². The van der Waals surface area contributed by atoms with E-state index in [1.54, 1.807) is 7.11 Å². The van der Waals surface area contributed by atoms with Gasteiger partial charge in [0.05, 0.1) is 13.7 Å². The van der Waals surface area contributed by atoms with Gasteiger partial charge in [-0.2, -0.15) is 0 Å². The second kappa shape index (κ2) is 8.58. The molecule has 0 amide bonds. The number of nitrogens with zero attached hydrogens (tertiary/aromatic N) is 2. The highest BCUT2D eigenvalue weighted by atomic mass is 16.5. The summed E-state index contributed by atoms with van der Waals surface area (Å²) in [5.41, 5.74) is 4.08. The Morgan fingerprint density at radius 2 is 1.83 bits per heavy atom. The maximum atomic E-state index is 6.18. The van der Waals surface area contributed by atoms with E-state index < -0.39 is 0 Å². The van der Waals surface area contributed by atoms with Crippen molar-refractivity contribution in [2.45, 2.75) is 37.5 Å². The molecule has 5 rings (SSSR count). The first-order valence-electron chi connectivity index (χ1n) is 11.1. The van der Waals surface area contributed by atoms with Gasteiger partial charge in [0.1, 0.15) is 24.2 Å². The second-order valence-electron chi connectivity index (χ2n) is 8.91. The Bertz CT molecular complexity index is 865. The van der Waals surface area contributed by atoms with Crippen LogP contribution in [-0.4, -0.2) is 69.0 Å². The summed E-state index contributed by atoms with van der Waals surface area (Å²) >= 11 is 0. The van der Waals surface area contributed by atoms with Crippen LogP contribution >= 0.6 is 0 Å². The molecule has 1 unspecified atom stereocenters. The third-order valence-corrected chi connectivity index (χ3v) is 6.61. The Labute approximate surface area is 179 Å². The third kappa shape index (κ3) is 4.34. The molecule has 1 aliphatic carbocycles. The minimum Gasteiger partial charge on any atom is -0.497 e. The normalized spacial score (nSPS) is 25.0. The lowest BCUT2D eigenvalue weighted by molar-refractivity contribution is -0.0504. The zero-order valence-electron chi connectivity index (χ0n) is 18.0. The molecule has 160 valence electrons. The fourth-order valence-electron chi connectivity index (χ4n) is 4.84. The van der Waals surface area contributed by atoms with Gasteiger partial charge in [0.25, 0.3) is 0 Å². The standard InChI is InChI=1S/C25H32N2O3/c1-26-14-19-13-22(30-17-23-15-27(11-12-29-23)20-5-6-20)9-10-24(19)25(16-26)18-3-7-21(28-2)8-4-18/h3-4,7-10,13,20,23,25H,5-6,11-12,14-17H2,1-2H3/t23-,25?/m1/s1. The summed E-state index contributed by atoms with van der Waals surface area (Å²) in [5.74, 6) is 2.22. The smallest absolute Gasteiger partial charge is 0.119 e. The zero-order chi connectivity index (χ0) is 20.5. The van der Waals surface area contributed by atoms with Crippen molar-refractivity contribution < 1.29 is 14.2 Å². The molecule has 2 atom stereocenters. The van der Waals surface area contributed by atoms with Crippen LogP contribution in [0.25, 0.3) is 0 Å². The lowest BCUT2D eigenvalue weighted by Gasteiger charge is -2.34. The summed E-state index contributed by atoms with van der Waals surface area (Å²) in [5, 5.41) is 0. The topological polar surface area (TPSA) is 34.2 Å². The number of ether oxygens (including phenoxy) is 3. The van der Waals surface area contributed by atoms with Crippen LogP contribution in [0.2, 0.25) is 0 Å². The average molecular weight is 409 g/mol. The van der Waals surface area contributed by atoms with Crippen LogP contribution in [0, 0.1) is 0 Å². The fourth-order valence-corrected chi connectivity index (χ4v) is 4.84. The molecule has 2 heterocycles. The molecular formula is C25H32N2O3. The van der Waals surface area contributed by atoms with Gasteiger partial charge < -0.3 is 19.1 Å². The lowest BCUT2D eigenvalue weighted by Crippen LogP contribution is -2.45. The van der Waals surface area contributed by atoms with E-state index in [-0.39, 0.29) is 6.10 Å². The number of benzene rings is 2. The molecule has 0 radical (unpaired) electrons. The molecule has 0 spiro atoms. The van der Waals surface area contributed by atoms with Gasteiger partial charge in [-0.1, -0.05) is 18.2 Å². The number of morpholine rings is 1. The van der Waals surface area contributed by atoms with Gasteiger partial charge in [-0.05, 0) is 60.8 Å². The molecule has 2 aliphatic heterocycles. The SMILES string of the molecule is COc1ccc(C2CN(C)Cc3cc(OC[C@H]4CN(C5CC5)CCO4)ccc32)cc1. The molecule has 2 aromatic rings. The van der Waals surface area contributed by atoms with Crippen LogP contribution in [0.1, 0.15) is 35.4 Å². The van der Waals surface area contributed by atoms with Crippen molar-refractivity contribution in [3.05, 3.63) is 59.2 Å². The highest BCUT2D eigenvalue weighted by Gasteiger charge is 2.33. The van der Waals surface area contributed by atoms with Crippen molar-refractivity contribution in [2.24, 2.45) is 0 Å². The molecule has 5 nitrogen and oxygen atoms in total. The maximum absolute atomic E-state index is 6.18. The Morgan fingerprint density at radius 1 is 1.03 bits per heavy atom. The lowest BCUT2D eigenvalue weighted by atomic mass is 9.84. The molecule has 0 N–H and O–H groups in total. The van der Waals surface area contributed by atoms with E-state index in [4.69, 9.17) is 14.2 Å². The predicted molar refractivity (Wildman–Crippen MR) is 117 cm³/mol. The van der Waals surface area contributed by atoms with Crippen LogP contribution in [-0.2, 0) is 11.3 Å². The van der Waals surface area contributed by atoms with Gasteiger partial charge in [0, 0.05) is 38.1 Å². The molecule has 3 aliphatic rings. The Kier molecular flexibility index (Phi) is 5.68. The van der Waals surface area contributed by atoms with Crippen LogP contribution in [0.5, 0.6) is 11.5 Å². The number of methoxy groups -OCH3 is 1. The van der Waals surface area contributed by atoms with Crippen LogP contribution in [0.3, 0.4) is 0 Å². The Balaban J connectivity index is 1.28. The van der Waals surface area contributed by atoms with Gasteiger partial charge in [-0.15, -0.1) is 0 Å². The number of hydrogen-bond donors (Lipinski definition) is 0. The molecule has 0 aromatic heterocycles. The first-order chi connectivity index (χ1) is 14.7. The average Bonchev–Trinajstić information content (AvgIpc) is 3.63. The summed E-state index contributed by atoms with van der Waals surface area (Å²) < 4.78 is 17.4. The van der Waals surface area contributed by atoms with E-state index in [1.165, 1.54) is 29.5 Å². The van der Waals surface area contributed by atoms with Crippen molar-refractivity contribution in [3.8, 4) is 11.5 Å². The van der Waals surface area contributed by atoms with E-state index >= 15 is 0 Å². The summed E-state index contributed by atoms with van der Waals surface area (Å²) in [4.78, 5) is 4.96. The van der Waals surface area contributed by atoms with Crippen LogP contribution in [0.15, 0.2) is 42.5 Å². The Morgan fingerprint density at radius 3 is 2.60 bits per heavy atom. The van der Waals surface area contributed by atoms with Gasteiger partial charge >= 0.3 is 0 Å². The molecule has 0 bridgehead atoms. The predicted octanol–water partition coefficient (Wildman–Crippen LogP) is 3.51. The van der Waals surface area contributed by atoms with Crippen molar-refractivity contribution in [2.75, 3.05) is 47.0 Å². The zero-order valence-corrected chi connectivity index (χ0v) is 18.0. The van der Waals surface area contributed by atoms with E-state index in [2.05, 4.69) is 59.3 Å². The fraction of sp³-hybridized carbons (Fsp3) is 0.520. The summed E-state index contributed by atoms with van der Waals surface area (Å²) in [6.07, 6.45) is 2.87. The molecule has 5 heteroatoms. The minimum absolute atomic E-state index is 0.171. The number of rotatable bonds is 6. The minimum atomic E-state index is 0.171. The first-order valence-corrected chi connectivity index (χ1v) is 11.1. The van der Waals surface area contributed by atoms with Crippen LogP contribution in [0.4, 0.5) is 0 Å². The number of likely N-dealkylation sites (N-methyl/N-ethyl adjacent to an activating group) is 1. The van der Waals surface area contributed by atoms with Crippen molar-refractivity contribution in [1.29, 1.82) is 0 Å². The summed E-state index contributed by atoms with van der Waals surface area (Å²) in [7, 11) is 3.90. The number of fused-ring (bicyclic) bond motifs is 1. The van der Waals surface area contributed by atoms with E-state index in [0.717, 1.165) is 50.3 Å². The highest BCUT2D eigenvalue weighted by Crippen LogP contribution is 2.35.